The largest absolute Gasteiger partial charge is 0.317 e. The van der Waals surface area contributed by atoms with E-state index in [9.17, 15) is 5.26 Å². The molecule has 3 aromatic rings. The first-order valence-electron chi connectivity index (χ1n) is 6.09. The summed E-state index contributed by atoms with van der Waals surface area (Å²) in [6, 6.07) is 11.6. The Labute approximate surface area is 116 Å². The van der Waals surface area contributed by atoms with E-state index in [0.29, 0.717) is 5.56 Å². The molecule has 0 radical (unpaired) electrons. The summed E-state index contributed by atoms with van der Waals surface area (Å²) in [5.41, 5.74) is 3.29. The predicted molar refractivity (Wildman–Crippen MR) is 74.4 cm³/mol. The Morgan fingerprint density at radius 1 is 1.15 bits per heavy atom. The van der Waals surface area contributed by atoms with E-state index in [1.807, 2.05) is 35.9 Å². The molecule has 1 aromatic carbocycles. The number of aryl methyl sites for hydroxylation is 1. The fourth-order valence-corrected chi connectivity index (χ4v) is 2.19. The minimum absolute atomic E-state index is 0.608. The number of benzene rings is 1. The van der Waals surface area contributed by atoms with E-state index in [-0.39, 0.29) is 0 Å². The van der Waals surface area contributed by atoms with Gasteiger partial charge in [0.15, 0.2) is 5.82 Å². The smallest absolute Gasteiger partial charge is 0.164 e. The third kappa shape index (κ3) is 1.93. The van der Waals surface area contributed by atoms with E-state index < -0.39 is 0 Å². The Hall–Kier alpha value is -3.00. The zero-order chi connectivity index (χ0) is 13.9. The molecule has 3 rings (SSSR count). The number of hydrogen-bond donors (Lipinski definition) is 0. The average Bonchev–Trinajstić information content (AvgIpc) is 2.93. The van der Waals surface area contributed by atoms with Gasteiger partial charge in [-0.25, -0.2) is 0 Å². The fourth-order valence-electron chi connectivity index (χ4n) is 2.19. The summed E-state index contributed by atoms with van der Waals surface area (Å²) in [4.78, 5) is 4.02. The average molecular weight is 261 g/mol. The molecule has 0 saturated carbocycles. The van der Waals surface area contributed by atoms with Crippen molar-refractivity contribution in [2.45, 2.75) is 0 Å². The van der Waals surface area contributed by atoms with Gasteiger partial charge in [-0.15, -0.1) is 10.2 Å². The van der Waals surface area contributed by atoms with Crippen LogP contribution in [-0.4, -0.2) is 19.7 Å². The Kier molecular flexibility index (Phi) is 2.98. The molecule has 5 nitrogen and oxygen atoms in total. The maximum Gasteiger partial charge on any atom is 0.164 e. The van der Waals surface area contributed by atoms with Crippen LogP contribution in [0.15, 0.2) is 49.1 Å². The van der Waals surface area contributed by atoms with Crippen LogP contribution >= 0.6 is 0 Å². The molecule has 0 unspecified atom stereocenters. The minimum atomic E-state index is 0.608. The molecular weight excluding hydrogens is 250 g/mol. The molecule has 20 heavy (non-hydrogen) atoms. The maximum absolute atomic E-state index is 9.36. The standard InChI is InChI=1S/C15H11N5/c1-20-10-18-19-15(20)13-4-2-3-12(9-16)14(13)11-5-7-17-8-6-11/h2-8,10H,1H3. The van der Waals surface area contributed by atoms with Crippen molar-refractivity contribution >= 4 is 0 Å². The summed E-state index contributed by atoms with van der Waals surface area (Å²) in [6.07, 6.45) is 5.07. The first kappa shape index (κ1) is 12.1. The molecule has 0 N–H and O–H groups in total. The molecule has 0 spiro atoms. The second-order valence-electron chi connectivity index (χ2n) is 4.34. The van der Waals surface area contributed by atoms with Gasteiger partial charge in [-0.05, 0) is 23.8 Å². The normalized spacial score (nSPS) is 10.2. The summed E-state index contributed by atoms with van der Waals surface area (Å²) in [5.74, 6) is 0.730. The van der Waals surface area contributed by atoms with Crippen LogP contribution in [0.3, 0.4) is 0 Å². The lowest BCUT2D eigenvalue weighted by Crippen LogP contribution is -1.96. The Morgan fingerprint density at radius 2 is 1.95 bits per heavy atom. The summed E-state index contributed by atoms with van der Waals surface area (Å²) in [7, 11) is 1.88. The van der Waals surface area contributed by atoms with Gasteiger partial charge in [-0.2, -0.15) is 5.26 Å². The van der Waals surface area contributed by atoms with Crippen molar-refractivity contribution in [1.29, 1.82) is 5.26 Å². The maximum atomic E-state index is 9.36. The van der Waals surface area contributed by atoms with Gasteiger partial charge in [0.25, 0.3) is 0 Å². The van der Waals surface area contributed by atoms with E-state index in [1.165, 1.54) is 0 Å². The van der Waals surface area contributed by atoms with Crippen molar-refractivity contribution in [3.63, 3.8) is 0 Å². The number of aromatic nitrogens is 4. The highest BCUT2D eigenvalue weighted by molar-refractivity contribution is 5.84. The van der Waals surface area contributed by atoms with Crippen molar-refractivity contribution in [2.24, 2.45) is 7.05 Å². The van der Waals surface area contributed by atoms with Gasteiger partial charge in [0.05, 0.1) is 11.6 Å². The molecule has 0 fully saturated rings. The van der Waals surface area contributed by atoms with Gasteiger partial charge in [-0.1, -0.05) is 12.1 Å². The van der Waals surface area contributed by atoms with E-state index in [1.54, 1.807) is 24.8 Å². The lowest BCUT2D eigenvalue weighted by molar-refractivity contribution is 0.920. The zero-order valence-electron chi connectivity index (χ0n) is 10.9. The highest BCUT2D eigenvalue weighted by Gasteiger charge is 2.15. The Balaban J connectivity index is 2.32. The van der Waals surface area contributed by atoms with Crippen LogP contribution in [0.25, 0.3) is 22.5 Å². The molecule has 0 aliphatic heterocycles. The zero-order valence-corrected chi connectivity index (χ0v) is 10.9. The number of pyridine rings is 1. The summed E-state index contributed by atoms with van der Waals surface area (Å²) in [6.45, 7) is 0. The topological polar surface area (TPSA) is 67.4 Å². The highest BCUT2D eigenvalue weighted by atomic mass is 15.2. The molecule has 2 heterocycles. The van der Waals surface area contributed by atoms with Crippen molar-refractivity contribution in [3.05, 3.63) is 54.6 Å². The molecule has 0 bridgehead atoms. The SMILES string of the molecule is Cn1cnnc1-c1cccc(C#N)c1-c1ccncc1. The molecule has 0 saturated heterocycles. The minimum Gasteiger partial charge on any atom is -0.317 e. The van der Waals surface area contributed by atoms with Gasteiger partial charge in [0.2, 0.25) is 0 Å². The summed E-state index contributed by atoms with van der Waals surface area (Å²) < 4.78 is 1.83. The predicted octanol–water partition coefficient (Wildman–Crippen LogP) is 2.42. The van der Waals surface area contributed by atoms with E-state index in [4.69, 9.17) is 0 Å². The van der Waals surface area contributed by atoms with Gasteiger partial charge in [-0.3, -0.25) is 4.98 Å². The van der Waals surface area contributed by atoms with E-state index in [2.05, 4.69) is 21.3 Å². The second kappa shape index (κ2) is 4.94. The molecule has 0 atom stereocenters. The molecule has 5 heteroatoms. The van der Waals surface area contributed by atoms with Crippen molar-refractivity contribution in [3.8, 4) is 28.6 Å². The molecular formula is C15H11N5. The number of nitriles is 1. The van der Waals surface area contributed by atoms with Crippen molar-refractivity contribution in [1.82, 2.24) is 19.7 Å². The van der Waals surface area contributed by atoms with Crippen LogP contribution < -0.4 is 0 Å². The van der Waals surface area contributed by atoms with Crippen LogP contribution in [0.2, 0.25) is 0 Å². The molecule has 0 aliphatic rings. The monoisotopic (exact) mass is 261 g/mol. The van der Waals surface area contributed by atoms with Crippen LogP contribution in [-0.2, 0) is 7.05 Å². The summed E-state index contributed by atoms with van der Waals surface area (Å²) >= 11 is 0. The molecule has 0 amide bonds. The van der Waals surface area contributed by atoms with Crippen LogP contribution in [0, 0.1) is 11.3 Å². The Morgan fingerprint density at radius 3 is 2.60 bits per heavy atom. The fraction of sp³-hybridized carbons (Fsp3) is 0.0667. The lowest BCUT2D eigenvalue weighted by Gasteiger charge is -2.10. The van der Waals surface area contributed by atoms with Crippen molar-refractivity contribution in [2.75, 3.05) is 0 Å². The van der Waals surface area contributed by atoms with Crippen LogP contribution in [0.1, 0.15) is 5.56 Å². The van der Waals surface area contributed by atoms with Gasteiger partial charge < -0.3 is 4.57 Å². The van der Waals surface area contributed by atoms with E-state index >= 15 is 0 Å². The number of rotatable bonds is 2. The summed E-state index contributed by atoms with van der Waals surface area (Å²) in [5, 5.41) is 17.4. The van der Waals surface area contributed by atoms with Crippen LogP contribution in [0.4, 0.5) is 0 Å². The first-order chi connectivity index (χ1) is 9.81. The first-order valence-corrected chi connectivity index (χ1v) is 6.09. The van der Waals surface area contributed by atoms with Gasteiger partial charge in [0, 0.05) is 30.6 Å². The lowest BCUT2D eigenvalue weighted by atomic mass is 9.95. The molecule has 96 valence electrons. The molecule has 0 aliphatic carbocycles. The van der Waals surface area contributed by atoms with Gasteiger partial charge in [0.1, 0.15) is 6.33 Å². The molecule has 2 aromatic heterocycles. The highest BCUT2D eigenvalue weighted by Crippen LogP contribution is 2.33. The third-order valence-corrected chi connectivity index (χ3v) is 3.11. The van der Waals surface area contributed by atoms with E-state index in [0.717, 1.165) is 22.5 Å². The Bertz CT molecular complexity index is 784. The van der Waals surface area contributed by atoms with Gasteiger partial charge >= 0.3 is 0 Å². The van der Waals surface area contributed by atoms with Crippen LogP contribution in [0.5, 0.6) is 0 Å². The number of hydrogen-bond acceptors (Lipinski definition) is 4. The second-order valence-corrected chi connectivity index (χ2v) is 4.34. The quantitative estimate of drug-likeness (QED) is 0.710. The number of nitrogens with zero attached hydrogens (tertiary/aromatic N) is 5. The third-order valence-electron chi connectivity index (χ3n) is 3.11. The van der Waals surface area contributed by atoms with Crippen molar-refractivity contribution < 1.29 is 0 Å².